The summed E-state index contributed by atoms with van der Waals surface area (Å²) < 4.78 is 6.74. The number of methoxy groups -OCH3 is 1. The lowest BCUT2D eigenvalue weighted by atomic mass is 9.96. The van der Waals surface area contributed by atoms with Crippen LogP contribution in [0.3, 0.4) is 0 Å². The fourth-order valence-electron chi connectivity index (χ4n) is 3.65. The van der Waals surface area contributed by atoms with Crippen molar-refractivity contribution in [3.63, 3.8) is 0 Å². The van der Waals surface area contributed by atoms with Crippen LogP contribution in [0.4, 0.5) is 4.79 Å². The summed E-state index contributed by atoms with van der Waals surface area (Å²) in [6.07, 6.45) is 5.60. The standard InChI is InChI=1S/C20H28N4O3/c1-14(21-20(26)22-15-8-4-3-5-9-15)18-23-17-11-7-6-10-16(17)19(25)24(18)12-13-27-2/h6-7,10-11,14-15H,3-5,8-9,12-13H2,1-2H3,(H2,21,22,26). The van der Waals surface area contributed by atoms with Crippen LogP contribution in [0.25, 0.3) is 10.9 Å². The Labute approximate surface area is 159 Å². The van der Waals surface area contributed by atoms with Crippen molar-refractivity contribution in [1.29, 1.82) is 0 Å². The van der Waals surface area contributed by atoms with Gasteiger partial charge in [0.2, 0.25) is 0 Å². The molecule has 1 heterocycles. The monoisotopic (exact) mass is 372 g/mol. The second kappa shape index (κ2) is 8.99. The molecule has 0 radical (unpaired) electrons. The summed E-state index contributed by atoms with van der Waals surface area (Å²) in [5, 5.41) is 6.55. The fraction of sp³-hybridized carbons (Fsp3) is 0.550. The highest BCUT2D eigenvalue weighted by Gasteiger charge is 2.20. The van der Waals surface area contributed by atoms with Gasteiger partial charge in [0.15, 0.2) is 0 Å². The average Bonchev–Trinajstić information content (AvgIpc) is 2.68. The second-order valence-electron chi connectivity index (χ2n) is 7.11. The van der Waals surface area contributed by atoms with E-state index in [1.54, 1.807) is 17.7 Å². The van der Waals surface area contributed by atoms with Crippen molar-refractivity contribution >= 4 is 16.9 Å². The molecule has 7 nitrogen and oxygen atoms in total. The maximum Gasteiger partial charge on any atom is 0.315 e. The number of amides is 2. The van der Waals surface area contributed by atoms with Crippen LogP contribution in [-0.4, -0.2) is 35.3 Å². The van der Waals surface area contributed by atoms with Crippen LogP contribution in [-0.2, 0) is 11.3 Å². The van der Waals surface area contributed by atoms with Crippen molar-refractivity contribution in [2.24, 2.45) is 0 Å². The SMILES string of the molecule is COCCn1c(C(C)NC(=O)NC2CCCCC2)nc2ccccc2c1=O. The highest BCUT2D eigenvalue weighted by molar-refractivity contribution is 5.78. The van der Waals surface area contributed by atoms with E-state index in [4.69, 9.17) is 4.74 Å². The molecule has 0 bridgehead atoms. The zero-order valence-electron chi connectivity index (χ0n) is 16.0. The number of hydrogen-bond acceptors (Lipinski definition) is 4. The Bertz CT molecular complexity index is 843. The van der Waals surface area contributed by atoms with Crippen LogP contribution in [0.2, 0.25) is 0 Å². The number of rotatable bonds is 6. The first-order valence-corrected chi connectivity index (χ1v) is 9.65. The lowest BCUT2D eigenvalue weighted by Crippen LogP contribution is -2.44. The van der Waals surface area contributed by atoms with Crippen molar-refractivity contribution in [3.8, 4) is 0 Å². The Morgan fingerprint density at radius 3 is 2.78 bits per heavy atom. The van der Waals surface area contributed by atoms with Gasteiger partial charge in [-0.3, -0.25) is 9.36 Å². The molecule has 1 aliphatic carbocycles. The minimum Gasteiger partial charge on any atom is -0.383 e. The number of urea groups is 1. The van der Waals surface area contributed by atoms with E-state index in [0.717, 1.165) is 25.7 Å². The molecule has 1 unspecified atom stereocenters. The minimum atomic E-state index is -0.400. The smallest absolute Gasteiger partial charge is 0.315 e. The average molecular weight is 372 g/mol. The number of carbonyl (C=O) groups excluding carboxylic acids is 1. The second-order valence-corrected chi connectivity index (χ2v) is 7.11. The van der Waals surface area contributed by atoms with Crippen LogP contribution >= 0.6 is 0 Å². The summed E-state index contributed by atoms with van der Waals surface area (Å²) in [7, 11) is 1.60. The molecule has 1 fully saturated rings. The molecule has 2 N–H and O–H groups in total. The van der Waals surface area contributed by atoms with Gasteiger partial charge in [0, 0.05) is 13.2 Å². The number of ether oxygens (including phenoxy) is 1. The number of benzene rings is 1. The summed E-state index contributed by atoms with van der Waals surface area (Å²) in [4.78, 5) is 30.0. The van der Waals surface area contributed by atoms with Crippen LogP contribution < -0.4 is 16.2 Å². The fourth-order valence-corrected chi connectivity index (χ4v) is 3.65. The minimum absolute atomic E-state index is 0.117. The molecule has 1 aromatic carbocycles. The molecule has 2 amide bonds. The first kappa shape index (κ1) is 19.4. The molecule has 3 rings (SSSR count). The Hall–Kier alpha value is -2.41. The van der Waals surface area contributed by atoms with Gasteiger partial charge < -0.3 is 15.4 Å². The number of carbonyl (C=O) groups is 1. The van der Waals surface area contributed by atoms with Crippen LogP contribution in [0, 0.1) is 0 Å². The predicted octanol–water partition coefficient (Wildman–Crippen LogP) is 2.74. The molecule has 2 aromatic rings. The zero-order valence-corrected chi connectivity index (χ0v) is 16.0. The van der Waals surface area contributed by atoms with Gasteiger partial charge in [-0.25, -0.2) is 9.78 Å². The van der Waals surface area contributed by atoms with Gasteiger partial charge >= 0.3 is 6.03 Å². The molecule has 146 valence electrons. The van der Waals surface area contributed by atoms with Gasteiger partial charge in [0.05, 0.1) is 30.1 Å². The summed E-state index contributed by atoms with van der Waals surface area (Å²) in [5.41, 5.74) is 0.515. The normalized spacial score (nSPS) is 16.2. The van der Waals surface area contributed by atoms with Gasteiger partial charge in [-0.1, -0.05) is 31.4 Å². The molecule has 1 aromatic heterocycles. The number of aromatic nitrogens is 2. The number of nitrogens with one attached hydrogen (secondary N) is 2. The van der Waals surface area contributed by atoms with Crippen molar-refractivity contribution < 1.29 is 9.53 Å². The molecule has 27 heavy (non-hydrogen) atoms. The van der Waals surface area contributed by atoms with Gasteiger partial charge in [-0.05, 0) is 31.9 Å². The molecule has 0 aliphatic heterocycles. The van der Waals surface area contributed by atoms with Gasteiger partial charge in [0.1, 0.15) is 5.82 Å². The molecular weight excluding hydrogens is 344 g/mol. The number of fused-ring (bicyclic) bond motifs is 1. The molecule has 1 saturated carbocycles. The van der Waals surface area contributed by atoms with E-state index in [2.05, 4.69) is 15.6 Å². The van der Waals surface area contributed by atoms with Gasteiger partial charge in [-0.15, -0.1) is 0 Å². The Balaban J connectivity index is 1.82. The van der Waals surface area contributed by atoms with E-state index >= 15 is 0 Å². The van der Waals surface area contributed by atoms with E-state index in [1.165, 1.54) is 6.42 Å². The first-order chi connectivity index (χ1) is 13.1. The van der Waals surface area contributed by atoms with Gasteiger partial charge in [0.25, 0.3) is 5.56 Å². The van der Waals surface area contributed by atoms with Crippen LogP contribution in [0.1, 0.15) is 50.9 Å². The quantitative estimate of drug-likeness (QED) is 0.816. The number of nitrogens with zero attached hydrogens (tertiary/aromatic N) is 2. The van der Waals surface area contributed by atoms with E-state index < -0.39 is 6.04 Å². The highest BCUT2D eigenvalue weighted by Crippen LogP contribution is 2.18. The largest absolute Gasteiger partial charge is 0.383 e. The summed E-state index contributed by atoms with van der Waals surface area (Å²) in [5.74, 6) is 0.537. The Kier molecular flexibility index (Phi) is 6.45. The summed E-state index contributed by atoms with van der Waals surface area (Å²) in [6, 6.07) is 6.88. The van der Waals surface area contributed by atoms with E-state index in [1.807, 2.05) is 25.1 Å². The van der Waals surface area contributed by atoms with E-state index in [-0.39, 0.29) is 17.6 Å². The third-order valence-corrected chi connectivity index (χ3v) is 5.09. The van der Waals surface area contributed by atoms with E-state index in [0.29, 0.717) is 29.9 Å². The van der Waals surface area contributed by atoms with Crippen molar-refractivity contribution in [2.75, 3.05) is 13.7 Å². The third-order valence-electron chi connectivity index (χ3n) is 5.09. The molecular formula is C20H28N4O3. The molecule has 1 aliphatic rings. The van der Waals surface area contributed by atoms with Crippen LogP contribution in [0.15, 0.2) is 29.1 Å². The van der Waals surface area contributed by atoms with E-state index in [9.17, 15) is 9.59 Å². The summed E-state index contributed by atoms with van der Waals surface area (Å²) in [6.45, 7) is 2.63. The maximum absolute atomic E-state index is 12.9. The predicted molar refractivity (Wildman–Crippen MR) is 105 cm³/mol. The first-order valence-electron chi connectivity index (χ1n) is 9.65. The maximum atomic E-state index is 12.9. The highest BCUT2D eigenvalue weighted by atomic mass is 16.5. The molecule has 1 atom stereocenters. The van der Waals surface area contributed by atoms with Crippen molar-refractivity contribution in [1.82, 2.24) is 20.2 Å². The number of para-hydroxylation sites is 1. The molecule has 0 spiro atoms. The van der Waals surface area contributed by atoms with Crippen molar-refractivity contribution in [2.45, 2.75) is 57.7 Å². The molecule has 0 saturated heterocycles. The number of hydrogen-bond donors (Lipinski definition) is 2. The summed E-state index contributed by atoms with van der Waals surface area (Å²) >= 11 is 0. The third kappa shape index (κ3) is 4.66. The topological polar surface area (TPSA) is 85.2 Å². The van der Waals surface area contributed by atoms with Gasteiger partial charge in [-0.2, -0.15) is 0 Å². The molecule has 7 heteroatoms. The zero-order chi connectivity index (χ0) is 19.2. The van der Waals surface area contributed by atoms with Crippen molar-refractivity contribution in [3.05, 3.63) is 40.4 Å². The lowest BCUT2D eigenvalue weighted by molar-refractivity contribution is 0.184. The van der Waals surface area contributed by atoms with Crippen LogP contribution in [0.5, 0.6) is 0 Å². The Morgan fingerprint density at radius 2 is 2.04 bits per heavy atom. The lowest BCUT2D eigenvalue weighted by Gasteiger charge is -2.25. The Morgan fingerprint density at radius 1 is 1.30 bits per heavy atom.